The van der Waals surface area contributed by atoms with Crippen molar-refractivity contribution in [1.82, 2.24) is 19.7 Å². The van der Waals surface area contributed by atoms with Crippen molar-refractivity contribution in [2.24, 2.45) is 5.84 Å². The van der Waals surface area contributed by atoms with Crippen LogP contribution in [0, 0.1) is 6.92 Å². The molecule has 0 aliphatic carbocycles. The van der Waals surface area contributed by atoms with E-state index < -0.39 is 0 Å². The van der Waals surface area contributed by atoms with Crippen LogP contribution in [0.2, 0.25) is 0 Å². The second-order valence-electron chi connectivity index (χ2n) is 4.31. The van der Waals surface area contributed by atoms with Crippen LogP contribution in [0.15, 0.2) is 24.5 Å². The summed E-state index contributed by atoms with van der Waals surface area (Å²) in [5, 5.41) is 8.49. The molecule has 0 saturated carbocycles. The van der Waals surface area contributed by atoms with Crippen molar-refractivity contribution in [2.75, 3.05) is 17.3 Å². The molecule has 0 fully saturated rings. The third-order valence-electron chi connectivity index (χ3n) is 2.84. The number of hydrogen-bond donors (Lipinski definition) is 3. The average molecular weight is 289 g/mol. The van der Waals surface area contributed by atoms with Gasteiger partial charge in [-0.2, -0.15) is 10.1 Å². The number of nitrogens with two attached hydrogens (primary N) is 1. The number of hydrogen-bond acceptors (Lipinski definition) is 7. The van der Waals surface area contributed by atoms with Crippen molar-refractivity contribution in [3.63, 3.8) is 0 Å². The van der Waals surface area contributed by atoms with Gasteiger partial charge in [0.15, 0.2) is 0 Å². The highest BCUT2D eigenvalue weighted by molar-refractivity contribution is 7.18. The van der Waals surface area contributed by atoms with Crippen LogP contribution in [0.3, 0.4) is 0 Å². The van der Waals surface area contributed by atoms with Gasteiger partial charge in [0, 0.05) is 23.8 Å². The van der Waals surface area contributed by atoms with E-state index in [2.05, 4.69) is 38.8 Å². The Bertz CT molecular complexity index is 704. The molecule has 104 valence electrons. The van der Waals surface area contributed by atoms with Crippen LogP contribution in [0.4, 0.5) is 11.8 Å². The zero-order valence-electron chi connectivity index (χ0n) is 11.0. The summed E-state index contributed by atoms with van der Waals surface area (Å²) in [4.78, 5) is 10.8. The quantitative estimate of drug-likeness (QED) is 0.488. The smallest absolute Gasteiger partial charge is 0.240 e. The lowest BCUT2D eigenvalue weighted by atomic mass is 10.3. The summed E-state index contributed by atoms with van der Waals surface area (Å²) in [5.74, 6) is 6.62. The van der Waals surface area contributed by atoms with Gasteiger partial charge in [-0.25, -0.2) is 10.8 Å². The largest absolute Gasteiger partial charge is 0.368 e. The Balaban J connectivity index is 1.81. The fourth-order valence-corrected chi connectivity index (χ4v) is 2.84. The zero-order chi connectivity index (χ0) is 13.9. The van der Waals surface area contributed by atoms with Crippen molar-refractivity contribution < 1.29 is 0 Å². The number of aryl methyl sites for hydroxylation is 1. The van der Waals surface area contributed by atoms with Gasteiger partial charge in [-0.05, 0) is 19.1 Å². The van der Waals surface area contributed by atoms with E-state index in [0.29, 0.717) is 5.95 Å². The Kier molecular flexibility index (Phi) is 3.48. The van der Waals surface area contributed by atoms with Crippen LogP contribution in [0.25, 0.3) is 10.2 Å². The van der Waals surface area contributed by atoms with Gasteiger partial charge in [-0.1, -0.05) is 0 Å². The van der Waals surface area contributed by atoms with Crippen LogP contribution in [-0.4, -0.2) is 26.3 Å². The minimum Gasteiger partial charge on any atom is -0.368 e. The molecule has 0 saturated heterocycles. The van der Waals surface area contributed by atoms with Crippen LogP contribution in [0.1, 0.15) is 4.88 Å². The lowest BCUT2D eigenvalue weighted by Crippen LogP contribution is -2.14. The summed E-state index contributed by atoms with van der Waals surface area (Å²) in [6.07, 6.45) is 3.69. The molecule has 0 aliphatic rings. The minimum absolute atomic E-state index is 0.418. The summed E-state index contributed by atoms with van der Waals surface area (Å²) in [5.41, 5.74) is 2.50. The molecule has 0 aromatic carbocycles. The van der Waals surface area contributed by atoms with Gasteiger partial charge in [0.1, 0.15) is 10.6 Å². The van der Waals surface area contributed by atoms with Crippen molar-refractivity contribution in [3.05, 3.63) is 29.4 Å². The normalized spacial score (nSPS) is 10.9. The molecule has 3 heterocycles. The van der Waals surface area contributed by atoms with E-state index in [1.54, 1.807) is 17.5 Å². The molecule has 0 radical (unpaired) electrons. The number of thiophene rings is 1. The van der Waals surface area contributed by atoms with Gasteiger partial charge in [0.05, 0.1) is 11.9 Å². The van der Waals surface area contributed by atoms with Crippen LogP contribution in [0.5, 0.6) is 0 Å². The van der Waals surface area contributed by atoms with Crippen molar-refractivity contribution in [3.8, 4) is 0 Å². The summed E-state index contributed by atoms with van der Waals surface area (Å²) in [7, 11) is 0. The van der Waals surface area contributed by atoms with E-state index in [-0.39, 0.29) is 0 Å². The summed E-state index contributed by atoms with van der Waals surface area (Å²) >= 11 is 1.62. The molecule has 20 heavy (non-hydrogen) atoms. The van der Waals surface area contributed by atoms with E-state index in [1.165, 1.54) is 4.88 Å². The van der Waals surface area contributed by atoms with Gasteiger partial charge >= 0.3 is 0 Å². The molecule has 0 spiro atoms. The standard InChI is InChI=1S/C12H15N7S/c1-8-7-9-10(14-4-6-19-5-2-3-15-19)16-12(18-13)17-11(9)20-8/h2-3,5,7H,4,6,13H2,1H3,(H2,14,16,17,18). The molecule has 0 unspecified atom stereocenters. The molecule has 0 aliphatic heterocycles. The van der Waals surface area contributed by atoms with Gasteiger partial charge in [-0.15, -0.1) is 11.3 Å². The second kappa shape index (κ2) is 5.43. The molecule has 4 N–H and O–H groups in total. The lowest BCUT2D eigenvalue weighted by molar-refractivity contribution is 0.637. The van der Waals surface area contributed by atoms with Gasteiger partial charge in [0.2, 0.25) is 5.95 Å². The highest BCUT2D eigenvalue weighted by atomic mass is 32.1. The number of rotatable bonds is 5. The monoisotopic (exact) mass is 289 g/mol. The van der Waals surface area contributed by atoms with E-state index in [4.69, 9.17) is 5.84 Å². The molecule has 0 bridgehead atoms. The average Bonchev–Trinajstić information content (AvgIpc) is 3.06. The van der Waals surface area contributed by atoms with Gasteiger partial charge in [-0.3, -0.25) is 10.1 Å². The number of aromatic nitrogens is 4. The SMILES string of the molecule is Cc1cc2c(NCCn3cccn3)nc(NN)nc2s1. The van der Waals surface area contributed by atoms with Crippen molar-refractivity contribution >= 4 is 33.3 Å². The fourth-order valence-electron chi connectivity index (χ4n) is 1.96. The molecule has 3 rings (SSSR count). The molecule has 3 aromatic rings. The molecule has 8 heteroatoms. The Morgan fingerprint density at radius 3 is 3.05 bits per heavy atom. The first-order chi connectivity index (χ1) is 9.76. The van der Waals surface area contributed by atoms with E-state index in [9.17, 15) is 0 Å². The van der Waals surface area contributed by atoms with Crippen molar-refractivity contribution in [1.29, 1.82) is 0 Å². The lowest BCUT2D eigenvalue weighted by Gasteiger charge is -2.08. The first-order valence-corrected chi connectivity index (χ1v) is 7.04. The highest BCUT2D eigenvalue weighted by Gasteiger charge is 2.09. The molecular weight excluding hydrogens is 274 g/mol. The first-order valence-electron chi connectivity index (χ1n) is 6.22. The summed E-state index contributed by atoms with van der Waals surface area (Å²) < 4.78 is 1.87. The van der Waals surface area contributed by atoms with Crippen LogP contribution < -0.4 is 16.6 Å². The molecule has 0 atom stereocenters. The maximum absolute atomic E-state index is 5.41. The summed E-state index contributed by atoms with van der Waals surface area (Å²) in [6.45, 7) is 3.55. The van der Waals surface area contributed by atoms with Crippen molar-refractivity contribution in [2.45, 2.75) is 13.5 Å². The van der Waals surface area contributed by atoms with Crippen LogP contribution in [-0.2, 0) is 6.54 Å². The maximum atomic E-state index is 5.41. The second-order valence-corrected chi connectivity index (χ2v) is 5.55. The predicted molar refractivity (Wildman–Crippen MR) is 80.7 cm³/mol. The Morgan fingerprint density at radius 1 is 1.40 bits per heavy atom. The third kappa shape index (κ3) is 2.56. The number of nitrogens with one attached hydrogen (secondary N) is 2. The van der Waals surface area contributed by atoms with Gasteiger partial charge in [0.25, 0.3) is 0 Å². The number of nitrogen functional groups attached to an aromatic ring is 1. The van der Waals surface area contributed by atoms with Gasteiger partial charge < -0.3 is 5.32 Å². The maximum Gasteiger partial charge on any atom is 0.240 e. The van der Waals surface area contributed by atoms with Crippen LogP contribution >= 0.6 is 11.3 Å². The van der Waals surface area contributed by atoms with E-state index in [1.807, 2.05) is 16.9 Å². The number of nitrogens with zero attached hydrogens (tertiary/aromatic N) is 4. The topological polar surface area (TPSA) is 93.7 Å². The number of hydrazine groups is 1. The molecule has 3 aromatic heterocycles. The number of anilines is 2. The third-order valence-corrected chi connectivity index (χ3v) is 3.78. The summed E-state index contributed by atoms with van der Waals surface area (Å²) in [6, 6.07) is 3.98. The first kappa shape index (κ1) is 12.8. The Hall–Kier alpha value is -2.19. The molecular formula is C12H15N7S. The minimum atomic E-state index is 0.418. The zero-order valence-corrected chi connectivity index (χ0v) is 11.8. The number of fused-ring (bicyclic) bond motifs is 1. The highest BCUT2D eigenvalue weighted by Crippen LogP contribution is 2.29. The predicted octanol–water partition coefficient (Wildman–Crippen LogP) is 1.59. The van der Waals surface area contributed by atoms with E-state index >= 15 is 0 Å². The Labute approximate surface area is 119 Å². The molecule has 7 nitrogen and oxygen atoms in total. The fraction of sp³-hybridized carbons (Fsp3) is 0.250. The van der Waals surface area contributed by atoms with E-state index in [0.717, 1.165) is 29.1 Å². The molecule has 0 amide bonds. The Morgan fingerprint density at radius 2 is 2.30 bits per heavy atom.